The van der Waals surface area contributed by atoms with Crippen LogP contribution in [0.4, 0.5) is 0 Å². The number of para-hydroxylation sites is 3. The highest BCUT2D eigenvalue weighted by atomic mass is 16.5. The van der Waals surface area contributed by atoms with E-state index in [1.54, 1.807) is 26.2 Å². The lowest BCUT2D eigenvalue weighted by Crippen LogP contribution is -2.18. The largest absolute Gasteiger partial charge is 0.464 e. The molecule has 428 valence electrons. The average Bonchev–Trinajstić information content (AvgIpc) is 1.90. The number of benzene rings is 6. The second kappa shape index (κ2) is 24.8. The van der Waals surface area contributed by atoms with E-state index in [9.17, 15) is 29.7 Å². The Kier molecular flexibility index (Phi) is 17.0. The predicted octanol–water partition coefficient (Wildman–Crippen LogP) is 7.96. The van der Waals surface area contributed by atoms with Crippen molar-refractivity contribution in [1.29, 1.82) is 0 Å². The second-order valence-corrected chi connectivity index (χ2v) is 19.2. The fourth-order valence-electron chi connectivity index (χ4n) is 8.68. The number of nitrogens with two attached hydrogens (primary N) is 2. The Hall–Kier alpha value is -11.7. The molecular formula is C64H52N12O10. The van der Waals surface area contributed by atoms with E-state index in [0.717, 1.165) is 22.2 Å². The summed E-state index contributed by atoms with van der Waals surface area (Å²) in [5.74, 6) is 15.8. The van der Waals surface area contributed by atoms with Crippen LogP contribution in [0, 0.1) is 35.5 Å². The number of aliphatic hydroxyl groups is 3. The van der Waals surface area contributed by atoms with Crippen molar-refractivity contribution >= 4 is 50.5 Å². The van der Waals surface area contributed by atoms with Crippen LogP contribution in [-0.2, 0) is 21.5 Å². The molecule has 0 spiro atoms. The lowest BCUT2D eigenvalue weighted by molar-refractivity contribution is 0.0595. The third-order valence-electron chi connectivity index (χ3n) is 12.8. The van der Waals surface area contributed by atoms with E-state index < -0.39 is 34.6 Å². The van der Waals surface area contributed by atoms with Gasteiger partial charge in [-0.15, -0.1) is 0 Å². The molecule has 0 saturated carbocycles. The van der Waals surface area contributed by atoms with Gasteiger partial charge >= 0.3 is 5.97 Å². The van der Waals surface area contributed by atoms with Crippen molar-refractivity contribution in [3.8, 4) is 52.6 Å². The number of carbonyl (C=O) groups is 3. The van der Waals surface area contributed by atoms with Gasteiger partial charge in [0.15, 0.2) is 33.9 Å². The zero-order valence-corrected chi connectivity index (χ0v) is 46.4. The van der Waals surface area contributed by atoms with E-state index in [-0.39, 0.29) is 40.9 Å². The van der Waals surface area contributed by atoms with Gasteiger partial charge in [-0.1, -0.05) is 108 Å². The summed E-state index contributed by atoms with van der Waals surface area (Å²) in [6.45, 7) is 4.53. The molecule has 12 rings (SSSR count). The lowest BCUT2D eigenvalue weighted by atomic mass is 10.1. The number of methoxy groups -OCH3 is 1. The predicted molar refractivity (Wildman–Crippen MR) is 315 cm³/mol. The summed E-state index contributed by atoms with van der Waals surface area (Å²) >= 11 is 0. The van der Waals surface area contributed by atoms with Gasteiger partial charge < -0.3 is 50.9 Å². The molecule has 22 nitrogen and oxygen atoms in total. The molecule has 2 amide bonds. The molecule has 3 atom stereocenters. The molecule has 6 heterocycles. The van der Waals surface area contributed by atoms with Gasteiger partial charge in [0.1, 0.15) is 18.8 Å². The molecule has 0 bridgehead atoms. The molecule has 22 heteroatoms. The van der Waals surface area contributed by atoms with E-state index in [0.29, 0.717) is 44.2 Å². The first-order valence-electron chi connectivity index (χ1n) is 25.8. The minimum atomic E-state index is -1.52. The molecule has 0 radical (unpaired) electrons. The van der Waals surface area contributed by atoms with Gasteiger partial charge in [-0.3, -0.25) is 9.59 Å². The standard InChI is InChI=1S/C22H17N3O4.2C21H16N4O3.H3N/c1-22(27,21-23-12-13-29-21)11-10-15-6-5-7-16(14-15)25-18-9-4-3-8-17(18)19(24-25)20(26)28-2;2*1-21(27,20-23-11-12-28-20)10-9-14-5-4-6-15(13-14)25-17-8-3-2-7-16(17)18(24-25)19(22)26;/h3-9,12-14,27H,1-2H3;2*2-8,11-13,27H,1H3,(H2,22,26);1H3/t;2*21-;/m.10./s1. The molecule has 10 N–H and O–H groups in total. The van der Waals surface area contributed by atoms with Gasteiger partial charge in [-0.2, -0.15) is 15.3 Å². The first-order valence-corrected chi connectivity index (χ1v) is 25.8. The van der Waals surface area contributed by atoms with Crippen molar-refractivity contribution < 1.29 is 47.7 Å². The van der Waals surface area contributed by atoms with Crippen LogP contribution in [0.3, 0.4) is 0 Å². The number of esters is 1. The highest BCUT2D eigenvalue weighted by molar-refractivity contribution is 6.05. The van der Waals surface area contributed by atoms with Crippen molar-refractivity contribution in [3.63, 3.8) is 0 Å². The van der Waals surface area contributed by atoms with Crippen molar-refractivity contribution in [2.75, 3.05) is 7.11 Å². The van der Waals surface area contributed by atoms with Crippen LogP contribution in [0.15, 0.2) is 196 Å². The molecule has 0 aliphatic carbocycles. The van der Waals surface area contributed by atoms with Gasteiger partial charge in [0.25, 0.3) is 11.8 Å². The van der Waals surface area contributed by atoms with Crippen molar-refractivity contribution in [2.45, 2.75) is 37.6 Å². The van der Waals surface area contributed by atoms with Crippen molar-refractivity contribution in [3.05, 3.63) is 234 Å². The number of hydrogen-bond acceptors (Lipinski definition) is 17. The number of amides is 2. The van der Waals surface area contributed by atoms with E-state index >= 15 is 0 Å². The summed E-state index contributed by atoms with van der Waals surface area (Å²) < 4.78 is 25.2. The molecule has 0 aliphatic heterocycles. The Bertz CT molecular complexity index is 4440. The molecule has 1 unspecified atom stereocenters. The Balaban J connectivity index is 0.000000153. The number of oxazole rings is 3. The van der Waals surface area contributed by atoms with Crippen LogP contribution in [0.1, 0.15) is 86.6 Å². The summed E-state index contributed by atoms with van der Waals surface area (Å²) in [5.41, 5.74) is 13.4. The summed E-state index contributed by atoms with van der Waals surface area (Å²) in [6.07, 6.45) is 8.49. The maximum Gasteiger partial charge on any atom is 0.359 e. The van der Waals surface area contributed by atoms with E-state index in [1.165, 1.54) is 65.3 Å². The number of ether oxygens (including phenoxy) is 1. The SMILES string of the molecule is COC(=O)c1nn(-c2cccc(C#CC(C)(O)c3ncco3)c2)c2ccccc12.C[C@@](O)(C#Cc1cccc(-n2nc(C(N)=O)c3ccccc32)c1)c1ncco1.C[C@](O)(C#Cc1cccc(-n2nc(C(N)=O)c3ccccc32)c1)c1ncco1.N. The number of hydrogen-bond donors (Lipinski definition) is 6. The second-order valence-electron chi connectivity index (χ2n) is 19.2. The normalized spacial score (nSPS) is 12.7. The summed E-state index contributed by atoms with van der Waals surface area (Å²) in [5, 5.41) is 46.5. The molecular weight excluding hydrogens is 1100 g/mol. The Morgan fingerprint density at radius 3 is 1.06 bits per heavy atom. The summed E-state index contributed by atoms with van der Waals surface area (Å²) in [4.78, 5) is 47.4. The zero-order chi connectivity index (χ0) is 59.9. The number of fused-ring (bicyclic) bond motifs is 3. The van der Waals surface area contributed by atoms with Gasteiger partial charge in [0.05, 0.1) is 59.3 Å². The smallest absolute Gasteiger partial charge is 0.359 e. The van der Waals surface area contributed by atoms with Crippen LogP contribution < -0.4 is 17.6 Å². The monoisotopic (exact) mass is 1150 g/mol. The minimum Gasteiger partial charge on any atom is -0.464 e. The number of rotatable bonds is 9. The summed E-state index contributed by atoms with van der Waals surface area (Å²) in [6, 6.07) is 44.0. The van der Waals surface area contributed by atoms with Crippen LogP contribution in [0.25, 0.3) is 49.8 Å². The quantitative estimate of drug-likeness (QED) is 0.0589. The van der Waals surface area contributed by atoms with Crippen LogP contribution in [-0.4, -0.2) is 84.5 Å². The van der Waals surface area contributed by atoms with Gasteiger partial charge in [-0.05, 0) is 93.6 Å². The molecule has 12 aromatic rings. The van der Waals surface area contributed by atoms with Gasteiger partial charge in [-0.25, -0.2) is 33.8 Å². The van der Waals surface area contributed by atoms with Crippen LogP contribution >= 0.6 is 0 Å². The topological polar surface area (TPSA) is 340 Å². The van der Waals surface area contributed by atoms with Gasteiger partial charge in [0.2, 0.25) is 17.7 Å². The number of aromatic nitrogens is 9. The van der Waals surface area contributed by atoms with Crippen LogP contribution in [0.2, 0.25) is 0 Å². The molecule has 6 aromatic carbocycles. The van der Waals surface area contributed by atoms with Crippen molar-refractivity contribution in [1.82, 2.24) is 50.4 Å². The molecule has 86 heavy (non-hydrogen) atoms. The third-order valence-corrected chi connectivity index (χ3v) is 12.8. The fourth-order valence-corrected chi connectivity index (χ4v) is 8.68. The lowest BCUT2D eigenvalue weighted by Gasteiger charge is -2.10. The third kappa shape index (κ3) is 12.7. The van der Waals surface area contributed by atoms with E-state index in [4.69, 9.17) is 29.5 Å². The van der Waals surface area contributed by atoms with E-state index in [1.807, 2.05) is 133 Å². The minimum absolute atomic E-state index is 0. The molecule has 6 aromatic heterocycles. The molecule has 0 aliphatic rings. The average molecular weight is 1150 g/mol. The highest BCUT2D eigenvalue weighted by Crippen LogP contribution is 2.27. The highest BCUT2D eigenvalue weighted by Gasteiger charge is 2.28. The maximum absolute atomic E-state index is 12.1. The first kappa shape index (κ1) is 58.9. The molecule has 0 saturated heterocycles. The Morgan fingerprint density at radius 1 is 0.465 bits per heavy atom. The number of carbonyl (C=O) groups excluding carboxylic acids is 3. The zero-order valence-electron chi connectivity index (χ0n) is 46.4. The summed E-state index contributed by atoms with van der Waals surface area (Å²) in [7, 11) is 1.33. The van der Waals surface area contributed by atoms with Crippen molar-refractivity contribution in [2.24, 2.45) is 11.5 Å². The fraction of sp³-hybridized carbons (Fsp3) is 0.109. The van der Waals surface area contributed by atoms with Gasteiger partial charge in [0, 0.05) is 32.8 Å². The Morgan fingerprint density at radius 2 is 0.767 bits per heavy atom. The van der Waals surface area contributed by atoms with Crippen LogP contribution in [0.5, 0.6) is 0 Å². The Labute approximate surface area is 489 Å². The number of primary amides is 2. The number of nitrogens with zero attached hydrogens (tertiary/aromatic N) is 9. The maximum atomic E-state index is 12.1. The molecule has 0 fully saturated rings. The van der Waals surface area contributed by atoms with E-state index in [2.05, 4.69) is 65.8 Å². The first-order chi connectivity index (χ1) is 40.9.